The molecule has 1 N–H and O–H groups in total. The number of halogens is 1. The quantitative estimate of drug-likeness (QED) is 0.801. The van der Waals surface area contributed by atoms with Crippen molar-refractivity contribution in [3.63, 3.8) is 0 Å². The number of nitrogens with one attached hydrogen (secondary N) is 1. The average Bonchev–Trinajstić information content (AvgIpc) is 3.00. The van der Waals surface area contributed by atoms with Crippen molar-refractivity contribution in [3.8, 4) is 0 Å². The van der Waals surface area contributed by atoms with Crippen LogP contribution in [0, 0.1) is 0 Å². The molecular weight excluding hydrogens is 304 g/mol. The summed E-state index contributed by atoms with van der Waals surface area (Å²) in [5, 5.41) is 0.938. The number of rotatable bonds is 4. The van der Waals surface area contributed by atoms with Gasteiger partial charge in [0.1, 0.15) is 0 Å². The Labute approximate surface area is 131 Å². The minimum atomic E-state index is -0.419. The van der Waals surface area contributed by atoms with Crippen LogP contribution < -0.4 is 11.2 Å². The minimum absolute atomic E-state index is 0.148. The molecule has 6 nitrogen and oxygen atoms in total. The van der Waals surface area contributed by atoms with Crippen molar-refractivity contribution >= 4 is 22.5 Å². The summed E-state index contributed by atoms with van der Waals surface area (Å²) in [5.74, 6) is 0. The molecule has 2 aromatic heterocycles. The summed E-state index contributed by atoms with van der Waals surface area (Å²) in [6, 6.07) is 5.00. The molecule has 1 aromatic carbocycles. The molecule has 114 valence electrons. The van der Waals surface area contributed by atoms with Gasteiger partial charge in [-0.3, -0.25) is 9.36 Å². The van der Waals surface area contributed by atoms with Crippen LogP contribution in [0.1, 0.15) is 19.4 Å². The van der Waals surface area contributed by atoms with Crippen LogP contribution in [0.3, 0.4) is 0 Å². The summed E-state index contributed by atoms with van der Waals surface area (Å²) in [4.78, 5) is 31.2. The lowest BCUT2D eigenvalue weighted by Crippen LogP contribution is -2.35. The largest absolute Gasteiger partial charge is 0.335 e. The van der Waals surface area contributed by atoms with Crippen molar-refractivity contribution in [1.29, 1.82) is 0 Å². The Hall–Kier alpha value is -2.34. The molecule has 0 saturated heterocycles. The van der Waals surface area contributed by atoms with Gasteiger partial charge in [0.15, 0.2) is 0 Å². The molecule has 0 aliphatic heterocycles. The Balaban J connectivity index is 1.92. The van der Waals surface area contributed by atoms with E-state index in [1.165, 1.54) is 4.57 Å². The van der Waals surface area contributed by atoms with Crippen molar-refractivity contribution in [1.82, 2.24) is 19.1 Å². The Morgan fingerprint density at radius 1 is 1.36 bits per heavy atom. The third-order valence-corrected chi connectivity index (χ3v) is 3.98. The normalized spacial score (nSPS) is 12.6. The Kier molecular flexibility index (Phi) is 3.85. The lowest BCUT2D eigenvalue weighted by atomic mass is 10.2. The Bertz CT molecular complexity index is 911. The first-order chi connectivity index (χ1) is 10.6. The summed E-state index contributed by atoms with van der Waals surface area (Å²) < 4.78 is 3.17. The topological polar surface area (TPSA) is 72.7 Å². The molecule has 2 heterocycles. The number of hydrogen-bond acceptors (Lipinski definition) is 3. The Morgan fingerprint density at radius 2 is 2.18 bits per heavy atom. The lowest BCUT2D eigenvalue weighted by Gasteiger charge is -2.13. The van der Waals surface area contributed by atoms with Gasteiger partial charge in [0, 0.05) is 30.0 Å². The van der Waals surface area contributed by atoms with Gasteiger partial charge >= 0.3 is 5.69 Å². The maximum Gasteiger partial charge on any atom is 0.328 e. The fraction of sp³-hybridized carbons (Fsp3) is 0.267. The number of aromatic nitrogens is 4. The Morgan fingerprint density at radius 3 is 2.91 bits per heavy atom. The second-order valence-corrected chi connectivity index (χ2v) is 5.66. The highest BCUT2D eigenvalue weighted by Gasteiger charge is 2.10. The molecule has 1 atom stereocenters. The van der Waals surface area contributed by atoms with Gasteiger partial charge in [0.25, 0.3) is 5.56 Å². The van der Waals surface area contributed by atoms with Crippen LogP contribution in [-0.2, 0) is 6.54 Å². The van der Waals surface area contributed by atoms with E-state index in [0.717, 1.165) is 0 Å². The fourth-order valence-corrected chi connectivity index (χ4v) is 2.60. The third kappa shape index (κ3) is 2.69. The molecule has 3 aromatic rings. The standard InChI is InChI=1S/C15H15ClN4O2/c1-10(19-7-5-17-9-19)4-6-20-14(21)12-3-2-11(16)8-13(12)18-15(20)22/h2-3,5,7-10H,4,6H2,1H3,(H,18,22). The van der Waals surface area contributed by atoms with Crippen molar-refractivity contribution in [2.45, 2.75) is 25.9 Å². The van der Waals surface area contributed by atoms with Gasteiger partial charge in [-0.05, 0) is 31.5 Å². The number of nitrogens with zero attached hydrogens (tertiary/aromatic N) is 3. The van der Waals surface area contributed by atoms with Gasteiger partial charge in [-0.2, -0.15) is 0 Å². The summed E-state index contributed by atoms with van der Waals surface area (Å²) >= 11 is 5.88. The van der Waals surface area contributed by atoms with E-state index in [1.54, 1.807) is 30.7 Å². The molecule has 0 aliphatic rings. The van der Waals surface area contributed by atoms with E-state index in [9.17, 15) is 9.59 Å². The van der Waals surface area contributed by atoms with E-state index in [-0.39, 0.29) is 11.6 Å². The zero-order valence-corrected chi connectivity index (χ0v) is 12.7. The second-order valence-electron chi connectivity index (χ2n) is 5.22. The summed E-state index contributed by atoms with van der Waals surface area (Å²) in [5.41, 5.74) is -0.257. The molecule has 3 rings (SSSR count). The van der Waals surface area contributed by atoms with E-state index in [2.05, 4.69) is 9.97 Å². The monoisotopic (exact) mass is 318 g/mol. The van der Waals surface area contributed by atoms with Crippen LogP contribution in [0.4, 0.5) is 0 Å². The van der Waals surface area contributed by atoms with Crippen LogP contribution in [0.5, 0.6) is 0 Å². The number of fused-ring (bicyclic) bond motifs is 1. The molecule has 0 spiro atoms. The highest BCUT2D eigenvalue weighted by Crippen LogP contribution is 2.14. The molecule has 0 aliphatic carbocycles. The van der Waals surface area contributed by atoms with Crippen LogP contribution in [-0.4, -0.2) is 19.1 Å². The van der Waals surface area contributed by atoms with Gasteiger partial charge in [-0.25, -0.2) is 9.78 Å². The molecule has 0 saturated carbocycles. The molecule has 7 heteroatoms. The van der Waals surface area contributed by atoms with Crippen LogP contribution in [0.2, 0.25) is 5.02 Å². The van der Waals surface area contributed by atoms with E-state index in [0.29, 0.717) is 28.9 Å². The predicted octanol–water partition coefficient (Wildman–Crippen LogP) is 2.19. The molecule has 0 amide bonds. The van der Waals surface area contributed by atoms with E-state index in [4.69, 9.17) is 11.6 Å². The number of H-pyrrole nitrogens is 1. The van der Waals surface area contributed by atoms with Crippen molar-refractivity contribution in [3.05, 3.63) is 62.8 Å². The lowest BCUT2D eigenvalue weighted by molar-refractivity contribution is 0.452. The zero-order valence-electron chi connectivity index (χ0n) is 12.0. The average molecular weight is 319 g/mol. The van der Waals surface area contributed by atoms with Gasteiger partial charge in [-0.1, -0.05) is 11.6 Å². The number of benzene rings is 1. The second kappa shape index (κ2) is 5.81. The zero-order chi connectivity index (χ0) is 15.7. The van der Waals surface area contributed by atoms with Gasteiger partial charge in [0.2, 0.25) is 0 Å². The molecule has 22 heavy (non-hydrogen) atoms. The molecule has 1 unspecified atom stereocenters. The SMILES string of the molecule is CC(CCn1c(=O)[nH]c2cc(Cl)ccc2c1=O)n1ccnc1. The van der Waals surface area contributed by atoms with Crippen LogP contribution in [0.15, 0.2) is 46.5 Å². The maximum atomic E-state index is 12.4. The van der Waals surface area contributed by atoms with Gasteiger partial charge < -0.3 is 9.55 Å². The first-order valence-corrected chi connectivity index (χ1v) is 7.34. The van der Waals surface area contributed by atoms with Crippen molar-refractivity contribution in [2.24, 2.45) is 0 Å². The molecule has 0 bridgehead atoms. The van der Waals surface area contributed by atoms with Crippen molar-refractivity contribution < 1.29 is 0 Å². The molecule has 0 radical (unpaired) electrons. The highest BCUT2D eigenvalue weighted by atomic mass is 35.5. The minimum Gasteiger partial charge on any atom is -0.335 e. The smallest absolute Gasteiger partial charge is 0.328 e. The number of aromatic amines is 1. The summed E-state index contributed by atoms with van der Waals surface area (Å²) in [6.45, 7) is 2.35. The maximum absolute atomic E-state index is 12.4. The third-order valence-electron chi connectivity index (χ3n) is 3.75. The molecule has 0 fully saturated rings. The van der Waals surface area contributed by atoms with E-state index >= 15 is 0 Å². The molecular formula is C15H15ClN4O2. The van der Waals surface area contributed by atoms with Gasteiger partial charge in [0.05, 0.1) is 17.2 Å². The highest BCUT2D eigenvalue weighted by molar-refractivity contribution is 6.31. The van der Waals surface area contributed by atoms with Crippen LogP contribution >= 0.6 is 11.6 Å². The first kappa shape index (κ1) is 14.6. The number of hydrogen-bond donors (Lipinski definition) is 1. The van der Waals surface area contributed by atoms with Crippen molar-refractivity contribution in [2.75, 3.05) is 0 Å². The van der Waals surface area contributed by atoms with Gasteiger partial charge in [-0.15, -0.1) is 0 Å². The number of imidazole rings is 1. The summed E-state index contributed by atoms with van der Waals surface area (Å²) in [7, 11) is 0. The van der Waals surface area contributed by atoms with Crippen LogP contribution in [0.25, 0.3) is 10.9 Å². The van der Waals surface area contributed by atoms with E-state index in [1.807, 2.05) is 17.7 Å². The van der Waals surface area contributed by atoms with E-state index < -0.39 is 5.69 Å². The fourth-order valence-electron chi connectivity index (χ4n) is 2.42. The first-order valence-electron chi connectivity index (χ1n) is 6.96. The summed E-state index contributed by atoms with van der Waals surface area (Å²) in [6.07, 6.45) is 5.94. The predicted molar refractivity (Wildman–Crippen MR) is 85.4 cm³/mol.